The van der Waals surface area contributed by atoms with E-state index in [9.17, 15) is 9.59 Å². The van der Waals surface area contributed by atoms with Crippen LogP contribution in [-0.4, -0.2) is 23.2 Å². The number of benzene rings is 3. The minimum Gasteiger partial charge on any atom is -0.493 e. The number of methoxy groups -OCH3 is 1. The Balaban J connectivity index is 1.54. The lowest BCUT2D eigenvalue weighted by molar-refractivity contribution is -0.123. The molecule has 3 aromatic rings. The fraction of sp³-hybridized carbons (Fsp3) is 0.120. The van der Waals surface area contributed by atoms with E-state index in [1.165, 1.54) is 4.90 Å². The number of nitrogens with zero attached hydrogens (tertiary/aromatic N) is 1. The highest BCUT2D eigenvalue weighted by Gasteiger charge is 2.35. The highest BCUT2D eigenvalue weighted by molar-refractivity contribution is 9.10. The zero-order chi connectivity index (χ0) is 23.4. The van der Waals surface area contributed by atoms with E-state index in [1.54, 1.807) is 19.3 Å². The first kappa shape index (κ1) is 23.6. The molecule has 3 aromatic carbocycles. The van der Waals surface area contributed by atoms with Crippen molar-refractivity contribution < 1.29 is 19.1 Å². The van der Waals surface area contributed by atoms with E-state index in [-0.39, 0.29) is 17.7 Å². The minimum absolute atomic E-state index is 0.211. The van der Waals surface area contributed by atoms with Gasteiger partial charge in [0.2, 0.25) is 0 Å². The lowest BCUT2D eigenvalue weighted by Gasteiger charge is -2.14. The van der Waals surface area contributed by atoms with E-state index in [0.29, 0.717) is 27.5 Å². The third kappa shape index (κ3) is 5.51. The summed E-state index contributed by atoms with van der Waals surface area (Å²) in [5.74, 6) is 0.778. The molecule has 0 spiro atoms. The molecule has 0 N–H and O–H groups in total. The van der Waals surface area contributed by atoms with E-state index < -0.39 is 0 Å². The summed E-state index contributed by atoms with van der Waals surface area (Å²) >= 11 is 7.94. The molecule has 4 rings (SSSR count). The van der Waals surface area contributed by atoms with Crippen LogP contribution in [0.15, 0.2) is 80.6 Å². The van der Waals surface area contributed by atoms with Crippen molar-refractivity contribution >= 4 is 60.8 Å². The van der Waals surface area contributed by atoms with Gasteiger partial charge in [0.25, 0.3) is 11.1 Å². The summed E-state index contributed by atoms with van der Waals surface area (Å²) < 4.78 is 13.0. The number of amides is 2. The molecule has 168 valence electrons. The predicted octanol–water partition coefficient (Wildman–Crippen LogP) is 7.04. The molecular formula is C25H19Br2NO4S. The van der Waals surface area contributed by atoms with Gasteiger partial charge < -0.3 is 9.47 Å². The number of rotatable bonds is 7. The number of hydrogen-bond acceptors (Lipinski definition) is 5. The smallest absolute Gasteiger partial charge is 0.293 e. The molecule has 0 aliphatic carbocycles. The van der Waals surface area contributed by atoms with E-state index >= 15 is 0 Å². The molecule has 1 fully saturated rings. The summed E-state index contributed by atoms with van der Waals surface area (Å²) in [4.78, 5) is 27.1. The normalized spacial score (nSPS) is 14.8. The Morgan fingerprint density at radius 3 is 2.42 bits per heavy atom. The average Bonchev–Trinajstić information content (AvgIpc) is 3.07. The van der Waals surface area contributed by atoms with Crippen LogP contribution in [0.4, 0.5) is 4.79 Å². The van der Waals surface area contributed by atoms with E-state index in [0.717, 1.165) is 32.9 Å². The standard InChI is InChI=1S/C25H19Br2NO4S/c1-31-21-12-17(11-20(27)23(21)32-15-16-7-3-2-4-8-16)13-22-24(29)28(25(30)33-22)14-18-9-5-6-10-19(18)26/h2-13H,14-15H2,1H3/b22-13+. The van der Waals surface area contributed by atoms with Gasteiger partial charge in [-0.15, -0.1) is 0 Å². The fourth-order valence-corrected chi connectivity index (χ4v) is 5.10. The van der Waals surface area contributed by atoms with Crippen LogP contribution in [0, 0.1) is 0 Å². The molecule has 0 aromatic heterocycles. The van der Waals surface area contributed by atoms with Crippen LogP contribution in [-0.2, 0) is 17.9 Å². The van der Waals surface area contributed by atoms with Crippen molar-refractivity contribution in [2.45, 2.75) is 13.2 Å². The van der Waals surface area contributed by atoms with Crippen molar-refractivity contribution in [2.24, 2.45) is 0 Å². The van der Waals surface area contributed by atoms with Gasteiger partial charge in [0.1, 0.15) is 6.61 Å². The highest BCUT2D eigenvalue weighted by atomic mass is 79.9. The number of halogens is 2. The highest BCUT2D eigenvalue weighted by Crippen LogP contribution is 2.40. The predicted molar refractivity (Wildman–Crippen MR) is 137 cm³/mol. The second-order valence-corrected chi connectivity index (χ2v) is 9.87. The number of carbonyl (C=O) groups excluding carboxylic acids is 2. The number of ether oxygens (including phenoxy) is 2. The Labute approximate surface area is 213 Å². The van der Waals surface area contributed by atoms with Crippen molar-refractivity contribution in [1.29, 1.82) is 0 Å². The average molecular weight is 589 g/mol. The van der Waals surface area contributed by atoms with Crippen LogP contribution in [0.1, 0.15) is 16.7 Å². The zero-order valence-electron chi connectivity index (χ0n) is 17.6. The summed E-state index contributed by atoms with van der Waals surface area (Å²) in [6.07, 6.45) is 1.69. The Bertz CT molecular complexity index is 1230. The molecule has 1 aliphatic rings. The van der Waals surface area contributed by atoms with Crippen LogP contribution >= 0.6 is 43.6 Å². The van der Waals surface area contributed by atoms with Crippen molar-refractivity contribution in [3.05, 3.63) is 97.3 Å². The molecule has 1 heterocycles. The molecule has 0 unspecified atom stereocenters. The second kappa shape index (κ2) is 10.6. The van der Waals surface area contributed by atoms with E-state index in [1.807, 2.05) is 60.7 Å². The summed E-state index contributed by atoms with van der Waals surface area (Å²) in [6, 6.07) is 21.0. The number of carbonyl (C=O) groups is 2. The zero-order valence-corrected chi connectivity index (χ0v) is 21.6. The van der Waals surface area contributed by atoms with Crippen LogP contribution in [0.2, 0.25) is 0 Å². The Hall–Kier alpha value is -2.55. The Kier molecular flexibility index (Phi) is 7.57. The minimum atomic E-state index is -0.319. The van der Waals surface area contributed by atoms with Gasteiger partial charge in [-0.05, 0) is 68.7 Å². The van der Waals surface area contributed by atoms with E-state index in [4.69, 9.17) is 9.47 Å². The van der Waals surface area contributed by atoms with Crippen molar-refractivity contribution in [2.75, 3.05) is 7.11 Å². The quantitative estimate of drug-likeness (QED) is 0.277. The maximum absolute atomic E-state index is 12.9. The van der Waals surface area contributed by atoms with Crippen LogP contribution in [0.3, 0.4) is 0 Å². The largest absolute Gasteiger partial charge is 0.493 e. The van der Waals surface area contributed by atoms with Crippen molar-refractivity contribution in [3.63, 3.8) is 0 Å². The second-order valence-electron chi connectivity index (χ2n) is 7.17. The van der Waals surface area contributed by atoms with Crippen molar-refractivity contribution in [1.82, 2.24) is 4.90 Å². The maximum atomic E-state index is 12.9. The molecule has 0 radical (unpaired) electrons. The van der Waals surface area contributed by atoms with Crippen LogP contribution in [0.25, 0.3) is 6.08 Å². The first-order valence-corrected chi connectivity index (χ1v) is 12.4. The van der Waals surface area contributed by atoms with Gasteiger partial charge in [-0.3, -0.25) is 14.5 Å². The molecule has 1 aliphatic heterocycles. The lowest BCUT2D eigenvalue weighted by atomic mass is 10.1. The molecule has 5 nitrogen and oxygen atoms in total. The van der Waals surface area contributed by atoms with Crippen molar-refractivity contribution in [3.8, 4) is 11.5 Å². The van der Waals surface area contributed by atoms with Gasteiger partial charge >= 0.3 is 0 Å². The first-order valence-electron chi connectivity index (χ1n) is 9.99. The molecule has 0 atom stereocenters. The summed E-state index contributed by atoms with van der Waals surface area (Å²) in [5, 5.41) is -0.296. The molecule has 33 heavy (non-hydrogen) atoms. The molecule has 0 saturated carbocycles. The van der Waals surface area contributed by atoms with E-state index in [2.05, 4.69) is 31.9 Å². The van der Waals surface area contributed by atoms with Gasteiger partial charge in [-0.1, -0.05) is 64.5 Å². The maximum Gasteiger partial charge on any atom is 0.293 e. The Morgan fingerprint density at radius 2 is 1.70 bits per heavy atom. The summed E-state index contributed by atoms with van der Waals surface area (Å²) in [7, 11) is 1.56. The SMILES string of the molecule is COc1cc(/C=C2/SC(=O)N(Cc3ccccc3Br)C2=O)cc(Br)c1OCc1ccccc1. The fourth-order valence-electron chi connectivity index (χ4n) is 3.28. The third-order valence-electron chi connectivity index (χ3n) is 4.94. The molecule has 1 saturated heterocycles. The number of hydrogen-bond donors (Lipinski definition) is 0. The van der Waals surface area contributed by atoms with Gasteiger partial charge in [0.15, 0.2) is 11.5 Å². The molecule has 0 bridgehead atoms. The number of imide groups is 1. The first-order chi connectivity index (χ1) is 16.0. The topological polar surface area (TPSA) is 55.8 Å². The van der Waals surface area contributed by atoms with Gasteiger partial charge in [-0.2, -0.15) is 0 Å². The lowest BCUT2D eigenvalue weighted by Crippen LogP contribution is -2.27. The van der Waals surface area contributed by atoms with Crippen LogP contribution < -0.4 is 9.47 Å². The third-order valence-corrected chi connectivity index (χ3v) is 7.21. The van der Waals surface area contributed by atoms with Gasteiger partial charge in [0.05, 0.1) is 23.0 Å². The monoisotopic (exact) mass is 587 g/mol. The summed E-state index contributed by atoms with van der Waals surface area (Å²) in [5.41, 5.74) is 2.62. The van der Waals surface area contributed by atoms with Gasteiger partial charge in [0, 0.05) is 4.47 Å². The van der Waals surface area contributed by atoms with Crippen LogP contribution in [0.5, 0.6) is 11.5 Å². The summed E-state index contributed by atoms with van der Waals surface area (Å²) in [6.45, 7) is 0.603. The Morgan fingerprint density at radius 1 is 0.970 bits per heavy atom. The molecule has 8 heteroatoms. The molecule has 2 amide bonds. The molecular weight excluding hydrogens is 570 g/mol. The number of thioether (sulfide) groups is 1. The van der Waals surface area contributed by atoms with Gasteiger partial charge in [-0.25, -0.2) is 0 Å².